The van der Waals surface area contributed by atoms with Crippen LogP contribution in [0.4, 0.5) is 4.39 Å². The van der Waals surface area contributed by atoms with E-state index in [1.54, 1.807) is 26.0 Å². The average Bonchev–Trinajstić information content (AvgIpc) is 2.43. The summed E-state index contributed by atoms with van der Waals surface area (Å²) in [5.41, 5.74) is 1.15. The average molecular weight is 290 g/mol. The molecular formula is C16H19FN2O2. The summed E-state index contributed by atoms with van der Waals surface area (Å²) in [6, 6.07) is 4.67. The van der Waals surface area contributed by atoms with Gasteiger partial charge < -0.3 is 9.47 Å². The van der Waals surface area contributed by atoms with Gasteiger partial charge in [-0.05, 0) is 39.8 Å². The van der Waals surface area contributed by atoms with Crippen molar-refractivity contribution in [3.8, 4) is 11.6 Å². The monoisotopic (exact) mass is 290 g/mol. The second kappa shape index (κ2) is 5.77. The Morgan fingerprint density at radius 2 is 1.86 bits per heavy atom. The standard InChI is InChI=1S/C16H19FN2O2/c1-10-11(2)19-14(9-18-10)21-13-8-6-7-12(17)15(13)16(3,4)20-5/h6-9H,1-5H3. The number of methoxy groups -OCH3 is 1. The number of rotatable bonds is 4. The summed E-state index contributed by atoms with van der Waals surface area (Å²) in [5.74, 6) is 0.326. The summed E-state index contributed by atoms with van der Waals surface area (Å²) in [6.45, 7) is 7.28. The number of halogens is 1. The van der Waals surface area contributed by atoms with Gasteiger partial charge in [-0.2, -0.15) is 0 Å². The van der Waals surface area contributed by atoms with Crippen LogP contribution in [0.3, 0.4) is 0 Å². The van der Waals surface area contributed by atoms with E-state index >= 15 is 0 Å². The quantitative estimate of drug-likeness (QED) is 0.856. The molecule has 5 heteroatoms. The van der Waals surface area contributed by atoms with E-state index in [2.05, 4.69) is 9.97 Å². The maximum absolute atomic E-state index is 14.2. The van der Waals surface area contributed by atoms with Crippen LogP contribution in [-0.4, -0.2) is 17.1 Å². The molecule has 0 fully saturated rings. The van der Waals surface area contributed by atoms with Crippen LogP contribution in [0.25, 0.3) is 0 Å². The zero-order valence-electron chi connectivity index (χ0n) is 12.9. The van der Waals surface area contributed by atoms with Crippen LogP contribution in [0.5, 0.6) is 11.6 Å². The van der Waals surface area contributed by atoms with Gasteiger partial charge in [-0.3, -0.25) is 4.98 Å². The van der Waals surface area contributed by atoms with Crippen LogP contribution in [0.2, 0.25) is 0 Å². The minimum Gasteiger partial charge on any atom is -0.437 e. The lowest BCUT2D eigenvalue weighted by Gasteiger charge is -2.26. The Balaban J connectivity index is 2.45. The third-order valence-electron chi connectivity index (χ3n) is 3.47. The number of hydrogen-bond donors (Lipinski definition) is 0. The number of aryl methyl sites for hydroxylation is 2. The Morgan fingerprint density at radius 3 is 2.48 bits per heavy atom. The Morgan fingerprint density at radius 1 is 1.14 bits per heavy atom. The zero-order valence-corrected chi connectivity index (χ0v) is 12.9. The van der Waals surface area contributed by atoms with E-state index < -0.39 is 5.60 Å². The van der Waals surface area contributed by atoms with E-state index in [-0.39, 0.29) is 5.82 Å². The molecule has 0 N–H and O–H groups in total. The fourth-order valence-electron chi connectivity index (χ4n) is 1.96. The lowest BCUT2D eigenvalue weighted by atomic mass is 9.96. The number of hydrogen-bond acceptors (Lipinski definition) is 4. The molecule has 0 aliphatic carbocycles. The molecule has 0 saturated heterocycles. The predicted molar refractivity (Wildman–Crippen MR) is 78.0 cm³/mol. The molecule has 1 aromatic heterocycles. The van der Waals surface area contributed by atoms with E-state index in [0.717, 1.165) is 11.4 Å². The minimum atomic E-state index is -0.812. The van der Waals surface area contributed by atoms with Crippen LogP contribution in [0.15, 0.2) is 24.4 Å². The summed E-state index contributed by atoms with van der Waals surface area (Å²) in [6.07, 6.45) is 1.52. The van der Waals surface area contributed by atoms with Gasteiger partial charge in [0.15, 0.2) is 0 Å². The van der Waals surface area contributed by atoms with Gasteiger partial charge in [0.1, 0.15) is 11.6 Å². The van der Waals surface area contributed by atoms with Gasteiger partial charge in [0, 0.05) is 7.11 Å². The first kappa shape index (κ1) is 15.4. The van der Waals surface area contributed by atoms with Crippen molar-refractivity contribution in [3.63, 3.8) is 0 Å². The molecule has 1 aromatic carbocycles. The van der Waals surface area contributed by atoms with Crippen LogP contribution < -0.4 is 4.74 Å². The number of nitrogens with zero attached hydrogens (tertiary/aromatic N) is 2. The summed E-state index contributed by atoms with van der Waals surface area (Å²) in [5, 5.41) is 0. The first-order valence-electron chi connectivity index (χ1n) is 6.67. The van der Waals surface area contributed by atoms with Crippen molar-refractivity contribution >= 4 is 0 Å². The molecular weight excluding hydrogens is 271 g/mol. The van der Waals surface area contributed by atoms with Crippen LogP contribution in [0.1, 0.15) is 30.8 Å². The Hall–Kier alpha value is -2.01. The molecule has 0 amide bonds. The van der Waals surface area contributed by atoms with Crippen LogP contribution >= 0.6 is 0 Å². The molecule has 112 valence electrons. The van der Waals surface area contributed by atoms with Gasteiger partial charge in [-0.25, -0.2) is 9.37 Å². The molecule has 0 bridgehead atoms. The topological polar surface area (TPSA) is 44.2 Å². The van der Waals surface area contributed by atoms with Crippen molar-refractivity contribution in [2.45, 2.75) is 33.3 Å². The van der Waals surface area contributed by atoms with Crippen molar-refractivity contribution in [3.05, 3.63) is 47.2 Å². The molecule has 4 nitrogen and oxygen atoms in total. The van der Waals surface area contributed by atoms with E-state index in [4.69, 9.17) is 9.47 Å². The number of benzene rings is 1. The second-order valence-corrected chi connectivity index (χ2v) is 5.31. The van der Waals surface area contributed by atoms with E-state index in [0.29, 0.717) is 17.2 Å². The Kier molecular flexibility index (Phi) is 4.23. The summed E-state index contributed by atoms with van der Waals surface area (Å²) in [7, 11) is 1.53. The first-order chi connectivity index (χ1) is 9.85. The zero-order chi connectivity index (χ0) is 15.6. The molecule has 0 aliphatic rings. The first-order valence-corrected chi connectivity index (χ1v) is 6.67. The summed E-state index contributed by atoms with van der Waals surface area (Å²) in [4.78, 5) is 8.50. The molecule has 0 atom stereocenters. The normalized spacial score (nSPS) is 11.5. The molecule has 0 aliphatic heterocycles. The van der Waals surface area contributed by atoms with Crippen LogP contribution in [-0.2, 0) is 10.3 Å². The van der Waals surface area contributed by atoms with Gasteiger partial charge in [0.25, 0.3) is 0 Å². The largest absolute Gasteiger partial charge is 0.437 e. The highest BCUT2D eigenvalue weighted by Crippen LogP contribution is 2.36. The van der Waals surface area contributed by atoms with Gasteiger partial charge in [-0.1, -0.05) is 6.07 Å². The second-order valence-electron chi connectivity index (χ2n) is 5.31. The molecule has 2 aromatic rings. The summed E-state index contributed by atoms with van der Waals surface area (Å²) < 4.78 is 25.3. The van der Waals surface area contributed by atoms with E-state index in [1.807, 2.05) is 13.8 Å². The van der Waals surface area contributed by atoms with Crippen molar-refractivity contribution in [1.29, 1.82) is 0 Å². The highest BCUT2D eigenvalue weighted by molar-refractivity contribution is 5.40. The number of aromatic nitrogens is 2. The van der Waals surface area contributed by atoms with Gasteiger partial charge in [-0.15, -0.1) is 0 Å². The SMILES string of the molecule is COC(C)(C)c1c(F)cccc1Oc1cnc(C)c(C)n1. The molecule has 0 radical (unpaired) electrons. The molecule has 0 spiro atoms. The van der Waals surface area contributed by atoms with Crippen molar-refractivity contribution in [2.75, 3.05) is 7.11 Å². The smallest absolute Gasteiger partial charge is 0.238 e. The van der Waals surface area contributed by atoms with Gasteiger partial charge >= 0.3 is 0 Å². The Labute approximate surface area is 124 Å². The molecule has 21 heavy (non-hydrogen) atoms. The van der Waals surface area contributed by atoms with Crippen LogP contribution in [0, 0.1) is 19.7 Å². The minimum absolute atomic E-state index is 0.330. The lowest BCUT2D eigenvalue weighted by Crippen LogP contribution is -2.22. The van der Waals surface area contributed by atoms with Gasteiger partial charge in [0.2, 0.25) is 5.88 Å². The maximum atomic E-state index is 14.2. The third-order valence-corrected chi connectivity index (χ3v) is 3.47. The fourth-order valence-corrected chi connectivity index (χ4v) is 1.96. The highest BCUT2D eigenvalue weighted by atomic mass is 19.1. The summed E-state index contributed by atoms with van der Waals surface area (Å²) >= 11 is 0. The molecule has 2 rings (SSSR count). The van der Waals surface area contributed by atoms with E-state index in [1.165, 1.54) is 19.4 Å². The molecule has 0 saturated carbocycles. The molecule has 0 unspecified atom stereocenters. The highest BCUT2D eigenvalue weighted by Gasteiger charge is 2.28. The molecule has 1 heterocycles. The van der Waals surface area contributed by atoms with Crippen molar-refractivity contribution in [1.82, 2.24) is 9.97 Å². The fraction of sp³-hybridized carbons (Fsp3) is 0.375. The van der Waals surface area contributed by atoms with Crippen molar-refractivity contribution < 1.29 is 13.9 Å². The number of ether oxygens (including phenoxy) is 2. The lowest BCUT2D eigenvalue weighted by molar-refractivity contribution is 0.0145. The predicted octanol–water partition coefficient (Wildman–Crippen LogP) is 3.91. The van der Waals surface area contributed by atoms with Crippen molar-refractivity contribution in [2.24, 2.45) is 0 Å². The Bertz CT molecular complexity index is 657. The van der Waals surface area contributed by atoms with E-state index in [9.17, 15) is 4.39 Å². The van der Waals surface area contributed by atoms with Gasteiger partial charge in [0.05, 0.1) is 28.7 Å². The third kappa shape index (κ3) is 3.19. The maximum Gasteiger partial charge on any atom is 0.238 e.